The Labute approximate surface area is 147 Å². The van der Waals surface area contributed by atoms with Crippen LogP contribution in [0.15, 0.2) is 48.5 Å². The first-order chi connectivity index (χ1) is 12.2. The van der Waals surface area contributed by atoms with Crippen molar-refractivity contribution in [3.8, 4) is 11.5 Å². The highest BCUT2D eigenvalue weighted by Crippen LogP contribution is 2.43. The van der Waals surface area contributed by atoms with Crippen LogP contribution in [0.1, 0.15) is 24.6 Å². The van der Waals surface area contributed by atoms with Gasteiger partial charge in [0.15, 0.2) is 0 Å². The fourth-order valence-electron chi connectivity index (χ4n) is 3.95. The monoisotopic (exact) mass is 338 g/mol. The second-order valence-electron chi connectivity index (χ2n) is 6.46. The van der Waals surface area contributed by atoms with Crippen molar-refractivity contribution in [2.45, 2.75) is 25.0 Å². The summed E-state index contributed by atoms with van der Waals surface area (Å²) in [6.07, 6.45) is 1.87. The maximum Gasteiger partial charge on any atom is 0.246 e. The van der Waals surface area contributed by atoms with Crippen molar-refractivity contribution >= 4 is 11.6 Å². The van der Waals surface area contributed by atoms with Crippen molar-refractivity contribution < 1.29 is 14.3 Å². The van der Waals surface area contributed by atoms with Gasteiger partial charge < -0.3 is 9.47 Å². The van der Waals surface area contributed by atoms with Gasteiger partial charge in [-0.3, -0.25) is 14.6 Å². The summed E-state index contributed by atoms with van der Waals surface area (Å²) in [5, 5.41) is 0. The van der Waals surface area contributed by atoms with Gasteiger partial charge in [-0.25, -0.2) is 0 Å². The van der Waals surface area contributed by atoms with E-state index in [2.05, 4.69) is 11.0 Å². The molecule has 2 fully saturated rings. The minimum atomic E-state index is -0.109. The Bertz CT molecular complexity index is 792. The zero-order valence-electron chi connectivity index (χ0n) is 14.5. The third-order valence-corrected chi connectivity index (χ3v) is 5.10. The maximum atomic E-state index is 13.1. The van der Waals surface area contributed by atoms with E-state index in [4.69, 9.17) is 9.47 Å². The van der Waals surface area contributed by atoms with E-state index in [9.17, 15) is 4.79 Å². The Morgan fingerprint density at radius 2 is 1.72 bits per heavy atom. The molecule has 0 aliphatic carbocycles. The summed E-state index contributed by atoms with van der Waals surface area (Å²) in [5.74, 6) is 1.72. The van der Waals surface area contributed by atoms with Crippen LogP contribution in [-0.4, -0.2) is 37.6 Å². The molecular weight excluding hydrogens is 316 g/mol. The van der Waals surface area contributed by atoms with Gasteiger partial charge in [0.25, 0.3) is 0 Å². The minimum absolute atomic E-state index is 0.0394. The van der Waals surface area contributed by atoms with Crippen LogP contribution in [0.3, 0.4) is 0 Å². The Morgan fingerprint density at radius 1 is 1.00 bits per heavy atom. The van der Waals surface area contributed by atoms with Crippen LogP contribution in [0.2, 0.25) is 0 Å². The van der Waals surface area contributed by atoms with Crippen molar-refractivity contribution in [2.75, 3.05) is 25.7 Å². The standard InChI is InChI=1S/C20H22N2O3/c1-24-16-8-3-6-14(12-16)19-21-11-5-10-18(21)20(23)22(19)15-7-4-9-17(13-15)25-2/h3-4,6-9,12-13,18-19H,5,10-11H2,1-2H3. The van der Waals surface area contributed by atoms with E-state index < -0.39 is 0 Å². The van der Waals surface area contributed by atoms with Gasteiger partial charge in [0.1, 0.15) is 17.7 Å². The largest absolute Gasteiger partial charge is 0.497 e. The summed E-state index contributed by atoms with van der Waals surface area (Å²) in [7, 11) is 3.31. The molecule has 2 aromatic rings. The number of carbonyl (C=O) groups excluding carboxylic acids is 1. The molecule has 0 N–H and O–H groups in total. The van der Waals surface area contributed by atoms with E-state index >= 15 is 0 Å². The van der Waals surface area contributed by atoms with Crippen LogP contribution in [0.25, 0.3) is 0 Å². The van der Waals surface area contributed by atoms with Crippen LogP contribution < -0.4 is 14.4 Å². The molecule has 5 heteroatoms. The second kappa shape index (κ2) is 6.41. The van der Waals surface area contributed by atoms with E-state index in [1.807, 2.05) is 47.4 Å². The number of fused-ring (bicyclic) bond motifs is 1. The quantitative estimate of drug-likeness (QED) is 0.858. The number of ether oxygens (including phenoxy) is 2. The van der Waals surface area contributed by atoms with E-state index in [0.29, 0.717) is 0 Å². The number of hydrogen-bond donors (Lipinski definition) is 0. The van der Waals surface area contributed by atoms with E-state index in [1.54, 1.807) is 14.2 Å². The lowest BCUT2D eigenvalue weighted by Gasteiger charge is -2.30. The normalized spacial score (nSPS) is 23.0. The molecule has 0 saturated carbocycles. The van der Waals surface area contributed by atoms with E-state index in [1.165, 1.54) is 0 Å². The van der Waals surface area contributed by atoms with Gasteiger partial charge in [-0.1, -0.05) is 18.2 Å². The number of hydrogen-bond acceptors (Lipinski definition) is 4. The SMILES string of the molecule is COc1cccc(C2N(c3cccc(OC)c3)C(=O)C3CCCN32)c1. The lowest BCUT2D eigenvalue weighted by molar-refractivity contribution is -0.119. The highest BCUT2D eigenvalue weighted by atomic mass is 16.5. The summed E-state index contributed by atoms with van der Waals surface area (Å²) >= 11 is 0. The molecule has 0 aromatic heterocycles. The number of benzene rings is 2. The molecule has 2 saturated heterocycles. The van der Waals surface area contributed by atoms with Crippen molar-refractivity contribution in [1.29, 1.82) is 0 Å². The molecule has 2 heterocycles. The van der Waals surface area contributed by atoms with Gasteiger partial charge in [0.05, 0.1) is 20.3 Å². The van der Waals surface area contributed by atoms with Crippen molar-refractivity contribution in [3.63, 3.8) is 0 Å². The van der Waals surface area contributed by atoms with Gasteiger partial charge in [-0.2, -0.15) is 0 Å². The first-order valence-electron chi connectivity index (χ1n) is 8.60. The average molecular weight is 338 g/mol. The zero-order chi connectivity index (χ0) is 17.4. The summed E-state index contributed by atoms with van der Waals surface area (Å²) in [6.45, 7) is 0.929. The topological polar surface area (TPSA) is 42.0 Å². The molecule has 130 valence electrons. The van der Waals surface area contributed by atoms with Crippen LogP contribution in [0, 0.1) is 0 Å². The van der Waals surface area contributed by atoms with E-state index in [-0.39, 0.29) is 18.1 Å². The number of nitrogens with zero attached hydrogens (tertiary/aromatic N) is 2. The molecule has 2 atom stereocenters. The fourth-order valence-corrected chi connectivity index (χ4v) is 3.95. The molecule has 2 aliphatic rings. The van der Waals surface area contributed by atoms with Crippen molar-refractivity contribution in [3.05, 3.63) is 54.1 Å². The predicted molar refractivity (Wildman–Crippen MR) is 95.9 cm³/mol. The molecule has 2 aromatic carbocycles. The van der Waals surface area contributed by atoms with Crippen LogP contribution in [-0.2, 0) is 4.79 Å². The Hall–Kier alpha value is -2.53. The number of methoxy groups -OCH3 is 2. The first-order valence-corrected chi connectivity index (χ1v) is 8.60. The molecule has 2 unspecified atom stereocenters. The zero-order valence-corrected chi connectivity index (χ0v) is 14.5. The highest BCUT2D eigenvalue weighted by Gasteiger charge is 2.49. The molecule has 4 rings (SSSR count). The number of carbonyl (C=O) groups is 1. The van der Waals surface area contributed by atoms with Gasteiger partial charge in [0, 0.05) is 18.3 Å². The van der Waals surface area contributed by atoms with Crippen molar-refractivity contribution in [1.82, 2.24) is 4.90 Å². The Kier molecular flexibility index (Phi) is 4.09. The molecular formula is C20H22N2O3. The molecule has 2 aliphatic heterocycles. The number of anilines is 1. The highest BCUT2D eigenvalue weighted by molar-refractivity contribution is 6.00. The third-order valence-electron chi connectivity index (χ3n) is 5.10. The average Bonchev–Trinajstić information content (AvgIpc) is 3.24. The van der Waals surface area contributed by atoms with Crippen molar-refractivity contribution in [2.24, 2.45) is 0 Å². The lowest BCUT2D eigenvalue weighted by Crippen LogP contribution is -2.32. The van der Waals surface area contributed by atoms with Gasteiger partial charge in [0.2, 0.25) is 5.91 Å². The van der Waals surface area contributed by atoms with Gasteiger partial charge in [-0.05, 0) is 42.7 Å². The predicted octanol–water partition coefficient (Wildman–Crippen LogP) is 3.21. The van der Waals surface area contributed by atoms with Crippen LogP contribution in [0.5, 0.6) is 11.5 Å². The maximum absolute atomic E-state index is 13.1. The smallest absolute Gasteiger partial charge is 0.246 e. The molecule has 0 bridgehead atoms. The lowest BCUT2D eigenvalue weighted by atomic mass is 10.1. The molecule has 0 radical (unpaired) electrons. The van der Waals surface area contributed by atoms with Gasteiger partial charge >= 0.3 is 0 Å². The summed E-state index contributed by atoms with van der Waals surface area (Å²) < 4.78 is 10.7. The Morgan fingerprint density at radius 3 is 2.48 bits per heavy atom. The fraction of sp³-hybridized carbons (Fsp3) is 0.350. The van der Waals surface area contributed by atoms with Crippen LogP contribution in [0.4, 0.5) is 5.69 Å². The summed E-state index contributed by atoms with van der Waals surface area (Å²) in [5.41, 5.74) is 1.94. The molecule has 5 nitrogen and oxygen atoms in total. The summed E-state index contributed by atoms with van der Waals surface area (Å²) in [6, 6.07) is 15.7. The second-order valence-corrected chi connectivity index (χ2v) is 6.46. The van der Waals surface area contributed by atoms with E-state index in [0.717, 1.165) is 42.1 Å². The Balaban J connectivity index is 1.80. The third kappa shape index (κ3) is 2.65. The first kappa shape index (κ1) is 16.0. The number of amides is 1. The molecule has 1 amide bonds. The number of rotatable bonds is 4. The minimum Gasteiger partial charge on any atom is -0.497 e. The van der Waals surface area contributed by atoms with Crippen LogP contribution >= 0.6 is 0 Å². The molecule has 25 heavy (non-hydrogen) atoms. The molecule has 0 spiro atoms. The summed E-state index contributed by atoms with van der Waals surface area (Å²) in [4.78, 5) is 17.3. The van der Waals surface area contributed by atoms with Gasteiger partial charge in [-0.15, -0.1) is 0 Å².